The number of rotatable bonds is 6. The van der Waals surface area contributed by atoms with Crippen molar-refractivity contribution >= 4 is 17.3 Å². The molecular formula is C23H27NO2. The molecule has 0 unspecified atom stereocenters. The summed E-state index contributed by atoms with van der Waals surface area (Å²) in [4.78, 5) is 25.7. The molecule has 2 aromatic carbocycles. The van der Waals surface area contributed by atoms with Gasteiger partial charge in [0.2, 0.25) is 5.91 Å². The maximum absolute atomic E-state index is 12.6. The molecule has 136 valence electrons. The van der Waals surface area contributed by atoms with Crippen LogP contribution >= 0.6 is 0 Å². The summed E-state index contributed by atoms with van der Waals surface area (Å²) in [6.07, 6.45) is 2.02. The minimum Gasteiger partial charge on any atom is -0.334 e. The summed E-state index contributed by atoms with van der Waals surface area (Å²) in [6.45, 7) is 7.87. The van der Waals surface area contributed by atoms with Crippen LogP contribution in [0, 0.1) is 0 Å². The standard InChI is InChI=1S/C23H27NO2/c1-18(25)17-22(26)24(23(2,3)4)16-15-21(19-11-7-5-8-12-19)20-13-9-6-10-14-20/h5-15H,16-17H2,1-4H3. The number of amides is 1. The van der Waals surface area contributed by atoms with Crippen LogP contribution < -0.4 is 0 Å². The number of nitrogens with zero attached hydrogens (tertiary/aromatic N) is 1. The van der Waals surface area contributed by atoms with Crippen molar-refractivity contribution in [2.75, 3.05) is 6.54 Å². The fraction of sp³-hybridized carbons (Fsp3) is 0.304. The maximum atomic E-state index is 12.6. The molecule has 0 aromatic heterocycles. The fourth-order valence-corrected chi connectivity index (χ4v) is 2.88. The van der Waals surface area contributed by atoms with Crippen LogP contribution in [0.15, 0.2) is 66.7 Å². The van der Waals surface area contributed by atoms with Gasteiger partial charge in [-0.1, -0.05) is 66.7 Å². The molecule has 2 rings (SSSR count). The van der Waals surface area contributed by atoms with Crippen molar-refractivity contribution in [1.82, 2.24) is 4.90 Å². The lowest BCUT2D eigenvalue weighted by molar-refractivity contribution is -0.138. The summed E-state index contributed by atoms with van der Waals surface area (Å²) in [7, 11) is 0. The molecule has 0 bridgehead atoms. The van der Waals surface area contributed by atoms with Gasteiger partial charge in [-0.15, -0.1) is 0 Å². The Labute approximate surface area is 156 Å². The average molecular weight is 349 g/mol. The highest BCUT2D eigenvalue weighted by Gasteiger charge is 2.26. The first-order valence-corrected chi connectivity index (χ1v) is 8.90. The van der Waals surface area contributed by atoms with E-state index in [1.165, 1.54) is 6.92 Å². The van der Waals surface area contributed by atoms with Gasteiger partial charge in [0.15, 0.2) is 0 Å². The van der Waals surface area contributed by atoms with Crippen LogP contribution in [0.5, 0.6) is 0 Å². The molecule has 0 N–H and O–H groups in total. The van der Waals surface area contributed by atoms with E-state index >= 15 is 0 Å². The zero-order valence-electron chi connectivity index (χ0n) is 16.0. The molecule has 0 heterocycles. The first kappa shape index (κ1) is 19.6. The summed E-state index contributed by atoms with van der Waals surface area (Å²) in [6, 6.07) is 20.3. The average Bonchev–Trinajstić information content (AvgIpc) is 2.58. The van der Waals surface area contributed by atoms with Gasteiger partial charge in [0.1, 0.15) is 5.78 Å². The van der Waals surface area contributed by atoms with E-state index in [0.29, 0.717) is 6.54 Å². The summed E-state index contributed by atoms with van der Waals surface area (Å²) in [5.41, 5.74) is 2.93. The molecule has 26 heavy (non-hydrogen) atoms. The minimum absolute atomic E-state index is 0.0584. The van der Waals surface area contributed by atoms with Gasteiger partial charge in [0.05, 0.1) is 6.42 Å². The Morgan fingerprint density at radius 2 is 1.35 bits per heavy atom. The topological polar surface area (TPSA) is 37.4 Å². The number of hydrogen-bond acceptors (Lipinski definition) is 2. The minimum atomic E-state index is -0.360. The molecule has 3 heteroatoms. The molecule has 0 fully saturated rings. The van der Waals surface area contributed by atoms with Gasteiger partial charge in [0.25, 0.3) is 0 Å². The SMILES string of the molecule is CC(=O)CC(=O)N(CC=C(c1ccccc1)c1ccccc1)C(C)(C)C. The lowest BCUT2D eigenvalue weighted by atomic mass is 9.97. The van der Waals surface area contributed by atoms with Crippen molar-refractivity contribution in [2.45, 2.75) is 39.7 Å². The Hall–Kier alpha value is -2.68. The number of benzene rings is 2. The fourth-order valence-electron chi connectivity index (χ4n) is 2.88. The zero-order valence-corrected chi connectivity index (χ0v) is 16.0. The van der Waals surface area contributed by atoms with Gasteiger partial charge in [-0.2, -0.15) is 0 Å². The lowest BCUT2D eigenvalue weighted by Crippen LogP contribution is -2.46. The molecule has 0 aliphatic heterocycles. The predicted molar refractivity (Wildman–Crippen MR) is 107 cm³/mol. The van der Waals surface area contributed by atoms with Crippen LogP contribution in [0.4, 0.5) is 0 Å². The van der Waals surface area contributed by atoms with E-state index in [1.807, 2.05) is 57.2 Å². The van der Waals surface area contributed by atoms with E-state index in [9.17, 15) is 9.59 Å². The third-order valence-electron chi connectivity index (χ3n) is 4.16. The largest absolute Gasteiger partial charge is 0.334 e. The van der Waals surface area contributed by atoms with E-state index in [4.69, 9.17) is 0 Å². The van der Waals surface area contributed by atoms with Crippen molar-refractivity contribution in [3.05, 3.63) is 77.9 Å². The molecule has 1 amide bonds. The van der Waals surface area contributed by atoms with Crippen LogP contribution in [-0.4, -0.2) is 28.7 Å². The maximum Gasteiger partial charge on any atom is 0.230 e. The lowest BCUT2D eigenvalue weighted by Gasteiger charge is -2.35. The Morgan fingerprint density at radius 3 is 1.73 bits per heavy atom. The van der Waals surface area contributed by atoms with Gasteiger partial charge in [-0.3, -0.25) is 9.59 Å². The molecule has 2 aromatic rings. The third kappa shape index (κ3) is 5.41. The smallest absolute Gasteiger partial charge is 0.230 e. The molecule has 3 nitrogen and oxygen atoms in total. The van der Waals surface area contributed by atoms with E-state index in [1.54, 1.807) is 4.90 Å². The van der Waals surface area contributed by atoms with E-state index in [0.717, 1.165) is 16.7 Å². The second-order valence-electron chi connectivity index (χ2n) is 7.40. The number of ketones is 1. The first-order valence-electron chi connectivity index (χ1n) is 8.90. The van der Waals surface area contributed by atoms with Gasteiger partial charge in [-0.05, 0) is 44.4 Å². The van der Waals surface area contributed by atoms with Crippen molar-refractivity contribution in [1.29, 1.82) is 0 Å². The van der Waals surface area contributed by atoms with Gasteiger partial charge < -0.3 is 4.90 Å². The Bertz CT molecular complexity index is 729. The summed E-state index contributed by atoms with van der Waals surface area (Å²) in [5.74, 6) is -0.249. The Morgan fingerprint density at radius 1 is 0.885 bits per heavy atom. The number of Topliss-reactive ketones (excluding diaryl/α,β-unsaturated/α-hetero) is 1. The molecular weight excluding hydrogens is 322 g/mol. The highest BCUT2D eigenvalue weighted by Crippen LogP contribution is 2.24. The zero-order chi connectivity index (χ0) is 19.2. The van der Waals surface area contributed by atoms with Crippen molar-refractivity contribution in [3.8, 4) is 0 Å². The normalized spacial score (nSPS) is 10.9. The highest BCUT2D eigenvalue weighted by atomic mass is 16.2. The summed E-state index contributed by atoms with van der Waals surface area (Å²) < 4.78 is 0. The molecule has 0 saturated heterocycles. The van der Waals surface area contributed by atoms with Crippen LogP contribution in [0.3, 0.4) is 0 Å². The van der Waals surface area contributed by atoms with Crippen LogP contribution in [-0.2, 0) is 9.59 Å². The van der Waals surface area contributed by atoms with Crippen molar-refractivity contribution < 1.29 is 9.59 Å². The van der Waals surface area contributed by atoms with Crippen LogP contribution in [0.1, 0.15) is 45.2 Å². The number of carbonyl (C=O) groups is 2. The quantitative estimate of drug-likeness (QED) is 0.707. The van der Waals surface area contributed by atoms with E-state index < -0.39 is 0 Å². The van der Waals surface area contributed by atoms with E-state index in [-0.39, 0.29) is 23.7 Å². The number of hydrogen-bond donors (Lipinski definition) is 0. The summed E-state index contributed by atoms with van der Waals surface area (Å²) in [5, 5.41) is 0. The molecule has 0 saturated carbocycles. The van der Waals surface area contributed by atoms with Gasteiger partial charge in [-0.25, -0.2) is 0 Å². The molecule has 0 aliphatic rings. The van der Waals surface area contributed by atoms with E-state index in [2.05, 4.69) is 30.3 Å². The third-order valence-corrected chi connectivity index (χ3v) is 4.16. The Kier molecular flexibility index (Phi) is 6.51. The number of carbonyl (C=O) groups excluding carboxylic acids is 2. The molecule has 0 aliphatic carbocycles. The molecule has 0 spiro atoms. The van der Waals surface area contributed by atoms with Crippen molar-refractivity contribution in [3.63, 3.8) is 0 Å². The molecule has 0 atom stereocenters. The van der Waals surface area contributed by atoms with Gasteiger partial charge >= 0.3 is 0 Å². The van der Waals surface area contributed by atoms with Crippen molar-refractivity contribution in [2.24, 2.45) is 0 Å². The van der Waals surface area contributed by atoms with Crippen LogP contribution in [0.25, 0.3) is 5.57 Å². The van der Waals surface area contributed by atoms with Gasteiger partial charge in [0, 0.05) is 12.1 Å². The first-order chi connectivity index (χ1) is 12.3. The van der Waals surface area contributed by atoms with Crippen LogP contribution in [0.2, 0.25) is 0 Å². The Balaban J connectivity index is 2.39. The second-order valence-corrected chi connectivity index (χ2v) is 7.40. The predicted octanol–water partition coefficient (Wildman–Crippen LogP) is 4.72. The molecule has 0 radical (unpaired) electrons. The monoisotopic (exact) mass is 349 g/mol. The second kappa shape index (κ2) is 8.61. The summed E-state index contributed by atoms with van der Waals surface area (Å²) >= 11 is 0. The highest BCUT2D eigenvalue weighted by molar-refractivity contribution is 5.97.